The Labute approximate surface area is 89.0 Å². The number of hydrogen-bond donors (Lipinski definition) is 1. The van der Waals surface area contributed by atoms with Crippen molar-refractivity contribution in [3.05, 3.63) is 41.9 Å². The van der Waals surface area contributed by atoms with Crippen LogP contribution in [0, 0.1) is 13.8 Å². The SMILES string of the molecule is Cc1ccc(-c2ncc(N)cc2C)cn1. The van der Waals surface area contributed by atoms with E-state index in [-0.39, 0.29) is 0 Å². The summed E-state index contributed by atoms with van der Waals surface area (Å²) in [6, 6.07) is 5.92. The van der Waals surface area contributed by atoms with Gasteiger partial charge in [0.25, 0.3) is 0 Å². The van der Waals surface area contributed by atoms with Crippen LogP contribution >= 0.6 is 0 Å². The van der Waals surface area contributed by atoms with E-state index in [2.05, 4.69) is 9.97 Å². The quantitative estimate of drug-likeness (QED) is 0.767. The summed E-state index contributed by atoms with van der Waals surface area (Å²) in [6.45, 7) is 3.96. The van der Waals surface area contributed by atoms with E-state index in [0.717, 1.165) is 22.5 Å². The van der Waals surface area contributed by atoms with Crippen molar-refractivity contribution in [1.82, 2.24) is 9.97 Å². The first-order valence-electron chi connectivity index (χ1n) is 4.82. The van der Waals surface area contributed by atoms with E-state index in [1.807, 2.05) is 38.2 Å². The third-order valence-corrected chi connectivity index (χ3v) is 2.28. The molecular formula is C12H13N3. The first-order chi connectivity index (χ1) is 7.16. The molecule has 0 amide bonds. The lowest BCUT2D eigenvalue weighted by Gasteiger charge is -2.05. The molecule has 0 radical (unpaired) electrons. The van der Waals surface area contributed by atoms with Gasteiger partial charge in [0.15, 0.2) is 0 Å². The average Bonchev–Trinajstić information content (AvgIpc) is 2.20. The lowest BCUT2D eigenvalue weighted by Crippen LogP contribution is -1.93. The number of anilines is 1. The van der Waals surface area contributed by atoms with Gasteiger partial charge in [-0.05, 0) is 37.6 Å². The second kappa shape index (κ2) is 3.69. The number of hydrogen-bond acceptors (Lipinski definition) is 3. The van der Waals surface area contributed by atoms with Gasteiger partial charge >= 0.3 is 0 Å². The van der Waals surface area contributed by atoms with Gasteiger partial charge in [-0.15, -0.1) is 0 Å². The fourth-order valence-corrected chi connectivity index (χ4v) is 1.51. The first kappa shape index (κ1) is 9.65. The van der Waals surface area contributed by atoms with Gasteiger partial charge in [0.1, 0.15) is 0 Å². The van der Waals surface area contributed by atoms with E-state index in [1.165, 1.54) is 0 Å². The van der Waals surface area contributed by atoms with Gasteiger partial charge in [0.05, 0.1) is 17.6 Å². The van der Waals surface area contributed by atoms with Gasteiger partial charge in [-0.25, -0.2) is 0 Å². The summed E-state index contributed by atoms with van der Waals surface area (Å²) in [5, 5.41) is 0. The van der Waals surface area contributed by atoms with Crippen molar-refractivity contribution in [3.63, 3.8) is 0 Å². The number of pyridine rings is 2. The minimum absolute atomic E-state index is 0.691. The molecule has 2 aromatic rings. The van der Waals surface area contributed by atoms with Gasteiger partial charge in [-0.1, -0.05) is 0 Å². The van der Waals surface area contributed by atoms with E-state index in [1.54, 1.807) is 6.20 Å². The minimum Gasteiger partial charge on any atom is -0.397 e. The summed E-state index contributed by atoms with van der Waals surface area (Å²) in [6.07, 6.45) is 3.50. The van der Waals surface area contributed by atoms with Crippen molar-refractivity contribution in [3.8, 4) is 11.3 Å². The number of nitrogens with zero attached hydrogens (tertiary/aromatic N) is 2. The average molecular weight is 199 g/mol. The number of aryl methyl sites for hydroxylation is 2. The van der Waals surface area contributed by atoms with E-state index in [9.17, 15) is 0 Å². The van der Waals surface area contributed by atoms with Crippen LogP contribution < -0.4 is 5.73 Å². The van der Waals surface area contributed by atoms with Crippen LogP contribution in [-0.4, -0.2) is 9.97 Å². The van der Waals surface area contributed by atoms with Crippen LogP contribution in [0.4, 0.5) is 5.69 Å². The molecule has 0 fully saturated rings. The zero-order valence-corrected chi connectivity index (χ0v) is 8.86. The van der Waals surface area contributed by atoms with Crippen LogP contribution in [0.1, 0.15) is 11.3 Å². The van der Waals surface area contributed by atoms with Gasteiger partial charge < -0.3 is 5.73 Å². The summed E-state index contributed by atoms with van der Waals surface area (Å²) < 4.78 is 0. The molecular weight excluding hydrogens is 186 g/mol. The van der Waals surface area contributed by atoms with Crippen molar-refractivity contribution < 1.29 is 0 Å². The highest BCUT2D eigenvalue weighted by Crippen LogP contribution is 2.21. The maximum atomic E-state index is 5.65. The van der Waals surface area contributed by atoms with E-state index in [0.29, 0.717) is 5.69 Å². The summed E-state index contributed by atoms with van der Waals surface area (Å²) in [4.78, 5) is 8.56. The Morgan fingerprint density at radius 1 is 1.07 bits per heavy atom. The largest absolute Gasteiger partial charge is 0.397 e. The molecule has 0 atom stereocenters. The highest BCUT2D eigenvalue weighted by Gasteiger charge is 2.03. The molecule has 0 aromatic carbocycles. The van der Waals surface area contributed by atoms with Crippen molar-refractivity contribution in [2.75, 3.05) is 5.73 Å². The molecule has 0 aliphatic carbocycles. The zero-order valence-electron chi connectivity index (χ0n) is 8.86. The first-order valence-corrected chi connectivity index (χ1v) is 4.82. The highest BCUT2D eigenvalue weighted by atomic mass is 14.7. The van der Waals surface area contributed by atoms with E-state index < -0.39 is 0 Å². The topological polar surface area (TPSA) is 51.8 Å². The Morgan fingerprint density at radius 2 is 1.87 bits per heavy atom. The molecule has 0 bridgehead atoms. The summed E-state index contributed by atoms with van der Waals surface area (Å²) in [7, 11) is 0. The van der Waals surface area contributed by atoms with Gasteiger partial charge in [-0.3, -0.25) is 9.97 Å². The van der Waals surface area contributed by atoms with Crippen LogP contribution in [0.2, 0.25) is 0 Å². The minimum atomic E-state index is 0.691. The second-order valence-corrected chi connectivity index (χ2v) is 3.62. The molecule has 3 heteroatoms. The Kier molecular flexibility index (Phi) is 2.37. The number of rotatable bonds is 1. The summed E-state index contributed by atoms with van der Waals surface area (Å²) in [5.41, 5.74) is 10.4. The van der Waals surface area contributed by atoms with Gasteiger partial charge in [0.2, 0.25) is 0 Å². The molecule has 76 valence electrons. The second-order valence-electron chi connectivity index (χ2n) is 3.62. The highest BCUT2D eigenvalue weighted by molar-refractivity contribution is 5.63. The van der Waals surface area contributed by atoms with Crippen LogP contribution in [0.25, 0.3) is 11.3 Å². The molecule has 0 aliphatic rings. The summed E-state index contributed by atoms with van der Waals surface area (Å²) >= 11 is 0. The summed E-state index contributed by atoms with van der Waals surface area (Å²) in [5.74, 6) is 0. The lowest BCUT2D eigenvalue weighted by molar-refractivity contribution is 1.18. The van der Waals surface area contributed by atoms with Crippen LogP contribution in [0.3, 0.4) is 0 Å². The molecule has 2 rings (SSSR count). The zero-order chi connectivity index (χ0) is 10.8. The molecule has 0 saturated heterocycles. The van der Waals surface area contributed by atoms with Crippen molar-refractivity contribution in [2.45, 2.75) is 13.8 Å². The van der Waals surface area contributed by atoms with Gasteiger partial charge in [-0.2, -0.15) is 0 Å². The third-order valence-electron chi connectivity index (χ3n) is 2.28. The Balaban J connectivity index is 2.49. The fourth-order valence-electron chi connectivity index (χ4n) is 1.51. The normalized spacial score (nSPS) is 10.3. The molecule has 0 saturated carbocycles. The molecule has 2 heterocycles. The molecule has 3 nitrogen and oxygen atoms in total. The van der Waals surface area contributed by atoms with Crippen LogP contribution in [-0.2, 0) is 0 Å². The Bertz CT molecular complexity index is 475. The van der Waals surface area contributed by atoms with E-state index >= 15 is 0 Å². The molecule has 2 N–H and O–H groups in total. The lowest BCUT2D eigenvalue weighted by atomic mass is 10.1. The standard InChI is InChI=1S/C12H13N3/c1-8-5-11(13)7-15-12(8)10-4-3-9(2)14-6-10/h3-7H,13H2,1-2H3. The van der Waals surface area contributed by atoms with Crippen molar-refractivity contribution >= 4 is 5.69 Å². The molecule has 2 aromatic heterocycles. The smallest absolute Gasteiger partial charge is 0.0748 e. The fraction of sp³-hybridized carbons (Fsp3) is 0.167. The Hall–Kier alpha value is -1.90. The number of aromatic nitrogens is 2. The Morgan fingerprint density at radius 3 is 2.47 bits per heavy atom. The molecule has 0 spiro atoms. The number of nitrogen functional groups attached to an aromatic ring is 1. The monoisotopic (exact) mass is 199 g/mol. The predicted octanol–water partition coefficient (Wildman–Crippen LogP) is 2.34. The van der Waals surface area contributed by atoms with Crippen molar-refractivity contribution in [2.24, 2.45) is 0 Å². The van der Waals surface area contributed by atoms with Crippen LogP contribution in [0.15, 0.2) is 30.6 Å². The predicted molar refractivity (Wildman–Crippen MR) is 61.4 cm³/mol. The van der Waals surface area contributed by atoms with Gasteiger partial charge in [0, 0.05) is 17.5 Å². The maximum absolute atomic E-state index is 5.65. The van der Waals surface area contributed by atoms with Crippen LogP contribution in [0.5, 0.6) is 0 Å². The molecule has 15 heavy (non-hydrogen) atoms. The van der Waals surface area contributed by atoms with E-state index in [4.69, 9.17) is 5.73 Å². The van der Waals surface area contributed by atoms with Crippen molar-refractivity contribution in [1.29, 1.82) is 0 Å². The third kappa shape index (κ3) is 1.96. The maximum Gasteiger partial charge on any atom is 0.0748 e. The molecule has 0 unspecified atom stereocenters. The number of nitrogens with two attached hydrogens (primary N) is 1. The molecule has 0 aliphatic heterocycles.